The molecule has 0 radical (unpaired) electrons. The highest BCUT2D eigenvalue weighted by atomic mass is 127. The van der Waals surface area contributed by atoms with Crippen molar-refractivity contribution in [1.82, 2.24) is 0 Å². The Hall–Kier alpha value is 0.1000. The molecule has 1 rings (SSSR count). The maximum absolute atomic E-state index is 11.1. The number of nitrogens with zero attached hydrogens (tertiary/aromatic N) is 1. The minimum absolute atomic E-state index is 0. The molecular formula is C8H13INO6PS. The minimum atomic E-state index is -5.14. The van der Waals surface area contributed by atoms with Gasteiger partial charge in [0.15, 0.2) is 23.0 Å². The number of aliphatic hydroxyl groups is 1. The smallest absolute Gasteiger partial charge is 0.373 e. The molecule has 0 aliphatic carbocycles. The van der Waals surface area contributed by atoms with E-state index in [4.69, 9.17) is 14.3 Å². The molecule has 1 aromatic rings. The van der Waals surface area contributed by atoms with Crippen molar-refractivity contribution in [3.8, 4) is 0 Å². The van der Waals surface area contributed by atoms with Crippen LogP contribution in [0.4, 0.5) is 0 Å². The summed E-state index contributed by atoms with van der Waals surface area (Å²) < 4.78 is 29.4. The van der Waals surface area contributed by atoms with E-state index in [9.17, 15) is 13.9 Å². The molecule has 0 aromatic carbocycles. The lowest BCUT2D eigenvalue weighted by atomic mass is 10.2. The first-order chi connectivity index (χ1) is 7.68. The molecule has 0 fully saturated rings. The quantitative estimate of drug-likeness (QED) is 0.175. The summed E-state index contributed by atoms with van der Waals surface area (Å²) in [6.07, 6.45) is 0.966. The van der Waals surface area contributed by atoms with Crippen LogP contribution in [-0.4, -0.2) is 28.3 Å². The van der Waals surface area contributed by atoms with E-state index in [1.54, 1.807) is 25.4 Å². The summed E-state index contributed by atoms with van der Waals surface area (Å²) >= 11 is -3.07. The SMILES string of the molecule is C[n+]1ccccc1CC(O)(S(=O)O)P(=O)(O)O.[I-]. The van der Waals surface area contributed by atoms with Crippen molar-refractivity contribution < 1.29 is 56.8 Å². The molecule has 104 valence electrons. The molecule has 1 heterocycles. The Morgan fingerprint density at radius 2 is 2.00 bits per heavy atom. The summed E-state index contributed by atoms with van der Waals surface area (Å²) in [5, 5.41) is 9.68. The Morgan fingerprint density at radius 3 is 2.39 bits per heavy atom. The number of hydrogen-bond acceptors (Lipinski definition) is 3. The Balaban J connectivity index is 0.00000289. The summed E-state index contributed by atoms with van der Waals surface area (Å²) in [7, 11) is -3.54. The van der Waals surface area contributed by atoms with Gasteiger partial charge in [-0.15, -0.1) is 0 Å². The maximum atomic E-state index is 11.1. The number of rotatable bonds is 4. The van der Waals surface area contributed by atoms with E-state index < -0.39 is 29.8 Å². The van der Waals surface area contributed by atoms with Crippen LogP contribution in [0.5, 0.6) is 0 Å². The Bertz CT molecular complexity index is 494. The molecule has 10 heteroatoms. The van der Waals surface area contributed by atoms with Gasteiger partial charge in [-0.3, -0.25) is 4.57 Å². The number of aryl methyl sites for hydroxylation is 1. The van der Waals surface area contributed by atoms with Crippen LogP contribution in [0.1, 0.15) is 5.69 Å². The van der Waals surface area contributed by atoms with E-state index in [0.29, 0.717) is 5.69 Å². The molecule has 2 unspecified atom stereocenters. The highest BCUT2D eigenvalue weighted by molar-refractivity contribution is 7.89. The molecule has 0 saturated heterocycles. The zero-order valence-electron chi connectivity index (χ0n) is 9.30. The third-order valence-electron chi connectivity index (χ3n) is 2.31. The second-order valence-corrected chi connectivity index (χ2v) is 6.82. The maximum Gasteiger partial charge on any atom is 0.373 e. The molecule has 0 bridgehead atoms. The molecular weight excluding hydrogens is 396 g/mol. The average Bonchev–Trinajstić information content (AvgIpc) is 2.19. The van der Waals surface area contributed by atoms with E-state index in [2.05, 4.69) is 0 Å². The largest absolute Gasteiger partial charge is 1.00 e. The van der Waals surface area contributed by atoms with Gasteiger partial charge in [0.25, 0.3) is 4.67 Å². The Labute approximate surface area is 123 Å². The van der Waals surface area contributed by atoms with Gasteiger partial charge in [-0.05, 0) is 0 Å². The van der Waals surface area contributed by atoms with Crippen molar-refractivity contribution in [2.24, 2.45) is 7.05 Å². The van der Waals surface area contributed by atoms with Gasteiger partial charge in [-0.1, -0.05) is 6.07 Å². The van der Waals surface area contributed by atoms with Crippen molar-refractivity contribution in [3.63, 3.8) is 0 Å². The number of pyridine rings is 1. The fourth-order valence-electron chi connectivity index (χ4n) is 1.24. The van der Waals surface area contributed by atoms with Crippen molar-refractivity contribution in [2.75, 3.05) is 0 Å². The van der Waals surface area contributed by atoms with Gasteiger partial charge in [-0.2, -0.15) is 0 Å². The zero-order valence-corrected chi connectivity index (χ0v) is 13.2. The average molecular weight is 409 g/mol. The molecule has 4 N–H and O–H groups in total. The number of halogens is 1. The van der Waals surface area contributed by atoms with Gasteiger partial charge in [0.2, 0.25) is 0 Å². The number of hydrogen-bond donors (Lipinski definition) is 4. The van der Waals surface area contributed by atoms with Crippen LogP contribution in [0, 0.1) is 0 Å². The summed E-state index contributed by atoms with van der Waals surface area (Å²) in [6, 6.07) is 4.76. The van der Waals surface area contributed by atoms with Crippen LogP contribution in [0.2, 0.25) is 0 Å². The van der Waals surface area contributed by atoms with Crippen LogP contribution in [0.25, 0.3) is 0 Å². The summed E-state index contributed by atoms with van der Waals surface area (Å²) in [5.74, 6) is 0. The van der Waals surface area contributed by atoms with Crippen molar-refractivity contribution in [1.29, 1.82) is 0 Å². The first kappa shape index (κ1) is 18.1. The second kappa shape index (κ2) is 6.51. The molecule has 7 nitrogen and oxygen atoms in total. The molecule has 2 atom stereocenters. The Morgan fingerprint density at radius 1 is 1.44 bits per heavy atom. The van der Waals surface area contributed by atoms with E-state index in [1.165, 1.54) is 10.6 Å². The minimum Gasteiger partial charge on any atom is -1.00 e. The highest BCUT2D eigenvalue weighted by Crippen LogP contribution is 2.51. The molecule has 0 amide bonds. The van der Waals surface area contributed by atoms with Crippen LogP contribution >= 0.6 is 7.60 Å². The third-order valence-corrected chi connectivity index (χ3v) is 5.26. The van der Waals surface area contributed by atoms with Crippen LogP contribution in [-0.2, 0) is 29.1 Å². The van der Waals surface area contributed by atoms with Gasteiger partial charge in [0.05, 0.1) is 6.42 Å². The summed E-state index contributed by atoms with van der Waals surface area (Å²) in [6.45, 7) is 0. The molecule has 0 aliphatic rings. The summed E-state index contributed by atoms with van der Waals surface area (Å²) in [4.78, 5) is 17.9. The standard InChI is InChI=1S/C8H12NO6PS.HI/c1-9-5-3-2-4-7(9)6-8(10,17(14)15)16(11,12)13;/h2-5,10H,6H2,1H3,(H2-,11,12,13,14,15);1H. The van der Waals surface area contributed by atoms with Gasteiger partial charge in [0.1, 0.15) is 7.05 Å². The third kappa shape index (κ3) is 3.80. The van der Waals surface area contributed by atoms with Crippen molar-refractivity contribution >= 4 is 18.7 Å². The fraction of sp³-hybridized carbons (Fsp3) is 0.375. The fourth-order valence-corrected chi connectivity index (χ4v) is 2.70. The first-order valence-electron chi connectivity index (χ1n) is 4.51. The van der Waals surface area contributed by atoms with E-state index in [0.717, 1.165) is 0 Å². The van der Waals surface area contributed by atoms with Crippen LogP contribution in [0.3, 0.4) is 0 Å². The lowest BCUT2D eigenvalue weighted by molar-refractivity contribution is -0.679. The van der Waals surface area contributed by atoms with Gasteiger partial charge >= 0.3 is 7.60 Å². The molecule has 0 saturated carbocycles. The molecule has 18 heavy (non-hydrogen) atoms. The molecule has 0 aliphatic heterocycles. The lowest BCUT2D eigenvalue weighted by Crippen LogP contribution is -3.00. The van der Waals surface area contributed by atoms with E-state index in [1.807, 2.05) is 0 Å². The predicted octanol–water partition coefficient (Wildman–Crippen LogP) is -3.90. The van der Waals surface area contributed by atoms with E-state index >= 15 is 0 Å². The topological polar surface area (TPSA) is 119 Å². The monoisotopic (exact) mass is 409 g/mol. The van der Waals surface area contributed by atoms with Gasteiger partial charge in [0, 0.05) is 12.1 Å². The second-order valence-electron chi connectivity index (χ2n) is 3.52. The predicted molar refractivity (Wildman–Crippen MR) is 59.1 cm³/mol. The lowest BCUT2D eigenvalue weighted by Gasteiger charge is -2.23. The van der Waals surface area contributed by atoms with Crippen LogP contribution < -0.4 is 28.5 Å². The zero-order chi connectivity index (χ0) is 13.3. The van der Waals surface area contributed by atoms with Crippen molar-refractivity contribution in [2.45, 2.75) is 11.1 Å². The van der Waals surface area contributed by atoms with Crippen LogP contribution in [0.15, 0.2) is 24.4 Å². The number of aromatic nitrogens is 1. The summed E-state index contributed by atoms with van der Waals surface area (Å²) in [5.41, 5.74) is 0.320. The van der Waals surface area contributed by atoms with Gasteiger partial charge in [-0.25, -0.2) is 8.78 Å². The normalized spacial score (nSPS) is 16.5. The highest BCUT2D eigenvalue weighted by Gasteiger charge is 2.53. The molecule has 1 aromatic heterocycles. The van der Waals surface area contributed by atoms with Crippen molar-refractivity contribution in [3.05, 3.63) is 30.1 Å². The van der Waals surface area contributed by atoms with Gasteiger partial charge < -0.3 is 43.4 Å². The van der Waals surface area contributed by atoms with E-state index in [-0.39, 0.29) is 24.0 Å². The Kier molecular flexibility index (Phi) is 6.54. The first-order valence-corrected chi connectivity index (χ1v) is 7.23. The molecule has 0 spiro atoms.